The number of hydrogen-bond donors (Lipinski definition) is 1. The molecule has 2 heterocycles. The van der Waals surface area contributed by atoms with Gasteiger partial charge in [-0.15, -0.1) is 0 Å². The molecule has 100 valence electrons. The zero-order valence-electron chi connectivity index (χ0n) is 11.4. The first-order valence-corrected chi connectivity index (χ1v) is 7.32. The fraction of sp³-hybridized carbons (Fsp3) is 1.00. The molecule has 2 aliphatic heterocycles. The molecule has 4 unspecified atom stereocenters. The summed E-state index contributed by atoms with van der Waals surface area (Å²) < 4.78 is 5.65. The highest BCUT2D eigenvalue weighted by atomic mass is 16.5. The Morgan fingerprint density at radius 1 is 1.29 bits per heavy atom. The van der Waals surface area contributed by atoms with Crippen LogP contribution >= 0.6 is 0 Å². The SMILES string of the molecule is CCC1CCN(C2CCOC(C)C2)C(CN)C1. The molecule has 2 fully saturated rings. The summed E-state index contributed by atoms with van der Waals surface area (Å²) in [5, 5.41) is 0. The predicted octanol–water partition coefficient (Wildman–Crippen LogP) is 2.00. The van der Waals surface area contributed by atoms with E-state index in [1.54, 1.807) is 0 Å². The van der Waals surface area contributed by atoms with Gasteiger partial charge in [0.1, 0.15) is 0 Å². The molecule has 2 saturated heterocycles. The van der Waals surface area contributed by atoms with Crippen LogP contribution in [-0.2, 0) is 4.74 Å². The van der Waals surface area contributed by atoms with Gasteiger partial charge in [0.05, 0.1) is 6.10 Å². The van der Waals surface area contributed by atoms with Crippen LogP contribution in [-0.4, -0.2) is 42.8 Å². The van der Waals surface area contributed by atoms with Gasteiger partial charge < -0.3 is 10.5 Å². The molecule has 2 aliphatic rings. The molecule has 0 aliphatic carbocycles. The normalized spacial score (nSPS) is 40.4. The number of likely N-dealkylation sites (tertiary alicyclic amines) is 1. The Hall–Kier alpha value is -0.120. The summed E-state index contributed by atoms with van der Waals surface area (Å²) in [6, 6.07) is 1.33. The fourth-order valence-electron chi connectivity index (χ4n) is 3.51. The first kappa shape index (κ1) is 13.3. The lowest BCUT2D eigenvalue weighted by molar-refractivity contribution is -0.0395. The van der Waals surface area contributed by atoms with Crippen molar-refractivity contribution in [2.45, 2.75) is 64.1 Å². The third-order valence-electron chi connectivity index (χ3n) is 4.65. The van der Waals surface area contributed by atoms with Crippen molar-refractivity contribution >= 4 is 0 Å². The van der Waals surface area contributed by atoms with Gasteiger partial charge in [-0.25, -0.2) is 0 Å². The van der Waals surface area contributed by atoms with Crippen molar-refractivity contribution < 1.29 is 4.74 Å². The molecule has 17 heavy (non-hydrogen) atoms. The summed E-state index contributed by atoms with van der Waals surface area (Å²) in [6.07, 6.45) is 6.78. The third kappa shape index (κ3) is 3.21. The van der Waals surface area contributed by atoms with Gasteiger partial charge >= 0.3 is 0 Å². The van der Waals surface area contributed by atoms with E-state index in [1.807, 2.05) is 0 Å². The van der Waals surface area contributed by atoms with E-state index in [4.69, 9.17) is 10.5 Å². The summed E-state index contributed by atoms with van der Waals surface area (Å²) in [7, 11) is 0. The van der Waals surface area contributed by atoms with Gasteiger partial charge in [0.2, 0.25) is 0 Å². The van der Waals surface area contributed by atoms with Crippen molar-refractivity contribution in [2.75, 3.05) is 19.7 Å². The largest absolute Gasteiger partial charge is 0.378 e. The van der Waals surface area contributed by atoms with Crippen molar-refractivity contribution in [3.63, 3.8) is 0 Å². The van der Waals surface area contributed by atoms with Crippen LogP contribution in [0, 0.1) is 5.92 Å². The van der Waals surface area contributed by atoms with Gasteiger partial charge in [0, 0.05) is 25.2 Å². The van der Waals surface area contributed by atoms with Crippen LogP contribution in [0.2, 0.25) is 0 Å². The predicted molar refractivity (Wildman–Crippen MR) is 71.0 cm³/mol. The molecule has 4 atom stereocenters. The molecule has 3 heteroatoms. The first-order chi connectivity index (χ1) is 8.24. The molecule has 0 aromatic heterocycles. The van der Waals surface area contributed by atoms with Gasteiger partial charge in [-0.3, -0.25) is 4.90 Å². The van der Waals surface area contributed by atoms with Crippen LogP contribution in [0.15, 0.2) is 0 Å². The van der Waals surface area contributed by atoms with Crippen molar-refractivity contribution in [3.05, 3.63) is 0 Å². The van der Waals surface area contributed by atoms with Gasteiger partial charge in [0.25, 0.3) is 0 Å². The van der Waals surface area contributed by atoms with Crippen molar-refractivity contribution in [2.24, 2.45) is 11.7 Å². The molecule has 0 aromatic rings. The van der Waals surface area contributed by atoms with E-state index in [0.717, 1.165) is 19.1 Å². The average Bonchev–Trinajstić information content (AvgIpc) is 2.38. The molecule has 0 aromatic carbocycles. The lowest BCUT2D eigenvalue weighted by Crippen LogP contribution is -2.53. The van der Waals surface area contributed by atoms with Crippen molar-refractivity contribution in [1.82, 2.24) is 4.90 Å². The molecule has 0 amide bonds. The second-order valence-electron chi connectivity index (χ2n) is 5.79. The zero-order chi connectivity index (χ0) is 12.3. The Morgan fingerprint density at radius 3 is 2.76 bits per heavy atom. The monoisotopic (exact) mass is 240 g/mol. The summed E-state index contributed by atoms with van der Waals surface area (Å²) in [4.78, 5) is 2.69. The van der Waals surface area contributed by atoms with E-state index in [0.29, 0.717) is 18.2 Å². The minimum Gasteiger partial charge on any atom is -0.378 e. The number of ether oxygens (including phenoxy) is 1. The Morgan fingerprint density at radius 2 is 2.12 bits per heavy atom. The van der Waals surface area contributed by atoms with Gasteiger partial charge in [-0.2, -0.15) is 0 Å². The zero-order valence-corrected chi connectivity index (χ0v) is 11.4. The number of rotatable bonds is 3. The van der Waals surface area contributed by atoms with Crippen LogP contribution in [0.4, 0.5) is 0 Å². The number of nitrogens with two attached hydrogens (primary N) is 1. The van der Waals surface area contributed by atoms with Crippen LogP contribution in [0.25, 0.3) is 0 Å². The second-order valence-corrected chi connectivity index (χ2v) is 5.79. The summed E-state index contributed by atoms with van der Waals surface area (Å²) in [5.74, 6) is 0.900. The molecule has 2 N–H and O–H groups in total. The molecule has 0 spiro atoms. The highest BCUT2D eigenvalue weighted by molar-refractivity contribution is 4.88. The van der Waals surface area contributed by atoms with Crippen LogP contribution in [0.1, 0.15) is 46.0 Å². The number of piperidine rings is 1. The van der Waals surface area contributed by atoms with Crippen LogP contribution in [0.5, 0.6) is 0 Å². The lowest BCUT2D eigenvalue weighted by Gasteiger charge is -2.45. The maximum absolute atomic E-state index is 5.98. The molecule has 3 nitrogen and oxygen atoms in total. The van der Waals surface area contributed by atoms with E-state index < -0.39 is 0 Å². The van der Waals surface area contributed by atoms with Crippen LogP contribution < -0.4 is 5.73 Å². The van der Waals surface area contributed by atoms with Gasteiger partial charge in [-0.05, 0) is 45.1 Å². The molecule has 0 radical (unpaired) electrons. The van der Waals surface area contributed by atoms with Gasteiger partial charge in [0.15, 0.2) is 0 Å². The minimum absolute atomic E-state index is 0.427. The van der Waals surface area contributed by atoms with Crippen LogP contribution in [0.3, 0.4) is 0 Å². The molecular weight excluding hydrogens is 212 g/mol. The highest BCUT2D eigenvalue weighted by Gasteiger charge is 2.33. The van der Waals surface area contributed by atoms with E-state index in [1.165, 1.54) is 38.6 Å². The number of hydrogen-bond acceptors (Lipinski definition) is 3. The molecule has 2 rings (SSSR count). The standard InChI is InChI=1S/C14H28N2O/c1-3-12-4-6-16(14(9-12)10-15)13-5-7-17-11(2)8-13/h11-14H,3-10,15H2,1-2H3. The minimum atomic E-state index is 0.427. The molecule has 0 bridgehead atoms. The first-order valence-electron chi connectivity index (χ1n) is 7.32. The molecule has 0 saturated carbocycles. The Labute approximate surface area is 106 Å². The van der Waals surface area contributed by atoms with Gasteiger partial charge in [-0.1, -0.05) is 13.3 Å². The van der Waals surface area contributed by atoms with Crippen molar-refractivity contribution in [1.29, 1.82) is 0 Å². The maximum Gasteiger partial charge on any atom is 0.0561 e. The average molecular weight is 240 g/mol. The van der Waals surface area contributed by atoms with E-state index in [2.05, 4.69) is 18.7 Å². The summed E-state index contributed by atoms with van der Waals surface area (Å²) in [5.41, 5.74) is 5.98. The van der Waals surface area contributed by atoms with E-state index in [9.17, 15) is 0 Å². The third-order valence-corrected chi connectivity index (χ3v) is 4.65. The second kappa shape index (κ2) is 6.17. The maximum atomic E-state index is 5.98. The highest BCUT2D eigenvalue weighted by Crippen LogP contribution is 2.30. The Balaban J connectivity index is 1.94. The lowest BCUT2D eigenvalue weighted by atomic mass is 9.86. The topological polar surface area (TPSA) is 38.5 Å². The van der Waals surface area contributed by atoms with E-state index in [-0.39, 0.29) is 0 Å². The fourth-order valence-corrected chi connectivity index (χ4v) is 3.51. The van der Waals surface area contributed by atoms with E-state index >= 15 is 0 Å². The smallest absolute Gasteiger partial charge is 0.0561 e. The van der Waals surface area contributed by atoms with Crippen molar-refractivity contribution in [3.8, 4) is 0 Å². The number of nitrogens with zero attached hydrogens (tertiary/aromatic N) is 1. The molecular formula is C14H28N2O. The summed E-state index contributed by atoms with van der Waals surface area (Å²) in [6.45, 7) is 7.50. The summed E-state index contributed by atoms with van der Waals surface area (Å²) >= 11 is 0. The Kier molecular flexibility index (Phi) is 4.83. The Bertz CT molecular complexity index is 234. The quantitative estimate of drug-likeness (QED) is 0.820.